The zero-order valence-electron chi connectivity index (χ0n) is 18.0. The Morgan fingerprint density at radius 2 is 1.93 bits per heavy atom. The van der Waals surface area contributed by atoms with Crippen molar-refractivity contribution in [2.75, 3.05) is 18.7 Å². The molecule has 1 heterocycles. The van der Waals surface area contributed by atoms with Gasteiger partial charge < -0.3 is 0 Å². The molecule has 1 saturated heterocycles. The van der Waals surface area contributed by atoms with Crippen molar-refractivity contribution in [3.63, 3.8) is 0 Å². The molecule has 1 aliphatic rings. The van der Waals surface area contributed by atoms with Crippen LogP contribution < -0.4 is 19.8 Å². The van der Waals surface area contributed by atoms with Gasteiger partial charge in [0.15, 0.2) is 0 Å². The molecule has 1 aliphatic heterocycles. The second-order valence-electron chi connectivity index (χ2n) is 9.07. The van der Waals surface area contributed by atoms with E-state index in [0.717, 1.165) is 12.8 Å². The fourth-order valence-electron chi connectivity index (χ4n) is 3.01. The van der Waals surface area contributed by atoms with Gasteiger partial charge in [0, 0.05) is 0 Å². The van der Waals surface area contributed by atoms with Crippen molar-refractivity contribution in [3.8, 4) is 0 Å². The summed E-state index contributed by atoms with van der Waals surface area (Å²) in [6.45, 7) is 14.8. The van der Waals surface area contributed by atoms with Gasteiger partial charge >= 0.3 is 175 Å². The first-order valence-corrected chi connectivity index (χ1v) is 15.2. The van der Waals surface area contributed by atoms with Crippen LogP contribution in [0.25, 0.3) is 0 Å². The third-order valence-electron chi connectivity index (χ3n) is 4.08. The van der Waals surface area contributed by atoms with Gasteiger partial charge in [-0.3, -0.25) is 0 Å². The molecule has 0 aromatic carbocycles. The quantitative estimate of drug-likeness (QED) is 0.410. The number of nitrogens with zero attached hydrogens (tertiary/aromatic N) is 1. The van der Waals surface area contributed by atoms with Gasteiger partial charge in [-0.2, -0.15) is 0 Å². The Morgan fingerprint density at radius 1 is 1.33 bits per heavy atom. The second-order valence-corrected chi connectivity index (χ2v) is 21.3. The van der Waals surface area contributed by atoms with E-state index in [0.29, 0.717) is 18.3 Å². The molecule has 3 atom stereocenters. The van der Waals surface area contributed by atoms with Crippen molar-refractivity contribution in [2.45, 2.75) is 82.9 Å². The summed E-state index contributed by atoms with van der Waals surface area (Å²) in [7, 11) is -1.52. The van der Waals surface area contributed by atoms with E-state index in [2.05, 4.69) is 34.0 Å². The predicted octanol–water partition coefficient (Wildman–Crippen LogP) is 1.62. The molecule has 0 spiro atoms. The van der Waals surface area contributed by atoms with Crippen molar-refractivity contribution in [1.29, 1.82) is 0 Å². The van der Waals surface area contributed by atoms with Crippen molar-refractivity contribution in [2.24, 2.45) is 5.92 Å². The van der Waals surface area contributed by atoms with Gasteiger partial charge in [0.1, 0.15) is 0 Å². The van der Waals surface area contributed by atoms with Gasteiger partial charge in [-0.05, 0) is 0 Å². The van der Waals surface area contributed by atoms with E-state index >= 15 is 0 Å². The molecule has 162 valence electrons. The van der Waals surface area contributed by atoms with E-state index in [1.807, 2.05) is 20.8 Å². The van der Waals surface area contributed by atoms with Gasteiger partial charge in [-0.1, -0.05) is 0 Å². The first-order chi connectivity index (χ1) is 12.1. The Hall–Kier alpha value is -0.220. The maximum absolute atomic E-state index is 12.7. The number of carbonyl (C=O) groups excluding carboxylic acids is 1. The van der Waals surface area contributed by atoms with Crippen LogP contribution >= 0.6 is 7.48 Å². The minimum atomic E-state index is -1.52. The monoisotopic (exact) mass is 518 g/mol. The maximum atomic E-state index is 12.7. The van der Waals surface area contributed by atoms with Crippen molar-refractivity contribution < 1.29 is 43.4 Å². The van der Waals surface area contributed by atoms with Crippen LogP contribution in [-0.4, -0.2) is 55.9 Å². The van der Waals surface area contributed by atoms with Crippen LogP contribution in [0, 0.1) is 5.92 Å². The molecule has 0 aromatic rings. The topological polar surface area (TPSA) is 76.1 Å². The van der Waals surface area contributed by atoms with Crippen LogP contribution in [0.15, 0.2) is 0 Å². The Morgan fingerprint density at radius 3 is 2.41 bits per heavy atom. The molecular formula is C19H37INO5S-. The molecule has 27 heavy (non-hydrogen) atoms. The number of amides is 1. The van der Waals surface area contributed by atoms with Crippen molar-refractivity contribution in [3.05, 3.63) is 0 Å². The summed E-state index contributed by atoms with van der Waals surface area (Å²) in [6.07, 6.45) is 3.26. The average molecular weight is 518 g/mol. The van der Waals surface area contributed by atoms with E-state index in [4.69, 9.17) is 8.92 Å². The number of carbonyl (C=O) groups is 2. The third-order valence-corrected chi connectivity index (χ3v) is 14.4. The molecule has 1 N–H and O–H groups in total. The fraction of sp³-hybridized carbons (Fsp3) is 0.895. The molecule has 1 fully saturated rings. The number of hydrogen-bond acceptors (Lipinski definition) is 4. The molecule has 8 heteroatoms. The molecule has 0 saturated carbocycles. The number of aliphatic carboxylic acids is 1. The standard InChI is InChI=1S/C19H37INO5S/c1-9-14(2)10-15(11-16(22)23)26-27(8)13-21(12-19(6,7)20-27)17(24)25-18(3,4)5/h14-15H,9-13H2,1-8H3,(H,22,23)/q-1/t14-,15+/m0/s1. The second kappa shape index (κ2) is 9.52. The summed E-state index contributed by atoms with van der Waals surface area (Å²) in [5.74, 6) is 0.118. The number of hydrogen-bond donors (Lipinski definition) is 1. The normalized spacial score (nSPS) is 27.6. The van der Waals surface area contributed by atoms with Gasteiger partial charge in [-0.15, -0.1) is 0 Å². The molecule has 0 radical (unpaired) electrons. The predicted molar refractivity (Wildman–Crippen MR) is 107 cm³/mol. The number of ether oxygens (including phenoxy) is 1. The molecule has 6 nitrogen and oxygen atoms in total. The number of halogens is 1. The fourth-order valence-corrected chi connectivity index (χ4v) is 16.6. The Balaban J connectivity index is 2.96. The van der Waals surface area contributed by atoms with Crippen LogP contribution in [-0.2, 0) is 13.7 Å². The molecular weight excluding hydrogens is 481 g/mol. The van der Waals surface area contributed by atoms with Gasteiger partial charge in [0.05, 0.1) is 0 Å². The third kappa shape index (κ3) is 9.21. The van der Waals surface area contributed by atoms with Crippen LogP contribution in [0.1, 0.15) is 67.7 Å². The van der Waals surface area contributed by atoms with E-state index in [9.17, 15) is 14.7 Å². The zero-order valence-corrected chi connectivity index (χ0v) is 21.0. The summed E-state index contributed by atoms with van der Waals surface area (Å²) < 4.78 is 12.1. The minimum absolute atomic E-state index is 0.00225. The number of carboxylic acids is 1. The van der Waals surface area contributed by atoms with Crippen molar-refractivity contribution in [1.82, 2.24) is 4.90 Å². The first-order valence-electron chi connectivity index (χ1n) is 9.46. The summed E-state index contributed by atoms with van der Waals surface area (Å²) in [5, 5.41) is 9.31. The summed E-state index contributed by atoms with van der Waals surface area (Å²) in [5.41, 5.74) is -0.539. The molecule has 1 rings (SSSR count). The van der Waals surface area contributed by atoms with Crippen LogP contribution in [0.5, 0.6) is 0 Å². The SMILES string of the molecule is CC[C@H](C)C[C@H](CC(=O)O)OS1(C)CN(C(=O)OC(C)(C)C)CC(C)(C)[I-]1. The molecule has 0 bridgehead atoms. The summed E-state index contributed by atoms with van der Waals surface area (Å²) in [4.78, 5) is 25.8. The van der Waals surface area contributed by atoms with Gasteiger partial charge in [0.2, 0.25) is 0 Å². The van der Waals surface area contributed by atoms with Crippen LogP contribution in [0.3, 0.4) is 0 Å². The van der Waals surface area contributed by atoms with E-state index in [1.54, 1.807) is 4.90 Å². The van der Waals surface area contributed by atoms with Crippen LogP contribution in [0.4, 0.5) is 4.79 Å². The average Bonchev–Trinajstić information content (AvgIpc) is 2.41. The number of rotatable bonds is 7. The van der Waals surface area contributed by atoms with Gasteiger partial charge in [-0.25, -0.2) is 0 Å². The van der Waals surface area contributed by atoms with Gasteiger partial charge in [0.25, 0.3) is 0 Å². The molecule has 1 unspecified atom stereocenters. The van der Waals surface area contributed by atoms with E-state index in [-0.39, 0.29) is 41.9 Å². The van der Waals surface area contributed by atoms with E-state index in [1.165, 1.54) is 0 Å². The Kier molecular flexibility index (Phi) is 8.75. The summed E-state index contributed by atoms with van der Waals surface area (Å²) >= 11 is -0.339. The van der Waals surface area contributed by atoms with E-state index < -0.39 is 19.1 Å². The number of carboxylic acid groups (broad SMARTS) is 1. The number of alkyl halides is 1. The zero-order chi connectivity index (χ0) is 21.0. The van der Waals surface area contributed by atoms with Crippen LogP contribution in [0.2, 0.25) is 0 Å². The first kappa shape index (κ1) is 24.8. The molecule has 0 aromatic heterocycles. The Bertz CT molecular complexity index is 537. The van der Waals surface area contributed by atoms with Crippen molar-refractivity contribution >= 4 is 19.5 Å². The molecule has 1 amide bonds. The summed E-state index contributed by atoms with van der Waals surface area (Å²) in [6, 6.07) is 0. The Labute approximate surface area is 175 Å². The molecule has 0 aliphatic carbocycles.